The van der Waals surface area contributed by atoms with Crippen molar-refractivity contribution in [1.29, 1.82) is 0 Å². The predicted molar refractivity (Wildman–Crippen MR) is 62.4 cm³/mol. The third-order valence-electron chi connectivity index (χ3n) is 3.76. The van der Waals surface area contributed by atoms with Crippen LogP contribution < -0.4 is 5.32 Å². The van der Waals surface area contributed by atoms with Gasteiger partial charge in [-0.2, -0.15) is 0 Å². The third kappa shape index (κ3) is 2.16. The molecule has 17 heavy (non-hydrogen) atoms. The second kappa shape index (κ2) is 4.64. The summed E-state index contributed by atoms with van der Waals surface area (Å²) in [6, 6.07) is -0.0453. The van der Waals surface area contributed by atoms with Gasteiger partial charge in [0.2, 0.25) is 11.8 Å². The van der Waals surface area contributed by atoms with Crippen molar-refractivity contribution in [3.63, 3.8) is 0 Å². The predicted octanol–water partition coefficient (Wildman–Crippen LogP) is 0.293. The van der Waals surface area contributed by atoms with Gasteiger partial charge >= 0.3 is 0 Å². The molecule has 1 N–H and O–H groups in total. The second-order valence-electron chi connectivity index (χ2n) is 5.07. The van der Waals surface area contributed by atoms with Crippen LogP contribution in [0.2, 0.25) is 0 Å². The molecule has 1 aliphatic carbocycles. The highest BCUT2D eigenvalue weighted by Crippen LogP contribution is 2.33. The van der Waals surface area contributed by atoms with Crippen LogP contribution in [0.3, 0.4) is 0 Å². The third-order valence-corrected chi connectivity index (χ3v) is 3.76. The van der Waals surface area contributed by atoms with E-state index in [9.17, 15) is 9.59 Å². The second-order valence-corrected chi connectivity index (χ2v) is 5.07. The van der Waals surface area contributed by atoms with E-state index in [2.05, 4.69) is 5.32 Å². The van der Waals surface area contributed by atoms with Gasteiger partial charge in [-0.25, -0.2) is 0 Å². The zero-order valence-electron chi connectivity index (χ0n) is 10.5. The van der Waals surface area contributed by atoms with Gasteiger partial charge in [-0.05, 0) is 19.8 Å². The summed E-state index contributed by atoms with van der Waals surface area (Å²) in [6.45, 7) is 2.54. The molecule has 5 heteroatoms. The van der Waals surface area contributed by atoms with Crippen molar-refractivity contribution in [3.8, 4) is 0 Å². The van der Waals surface area contributed by atoms with Gasteiger partial charge in [0.15, 0.2) is 0 Å². The Hall–Kier alpha value is -1.10. The molecular formula is C12H20N2O3. The molecule has 2 amide bonds. The van der Waals surface area contributed by atoms with Crippen LogP contribution in [0.25, 0.3) is 0 Å². The van der Waals surface area contributed by atoms with Gasteiger partial charge < -0.3 is 15.0 Å². The summed E-state index contributed by atoms with van der Waals surface area (Å²) in [5.74, 6) is 0.0219. The molecule has 1 aliphatic heterocycles. The number of carbonyl (C=O) groups is 2. The molecule has 5 nitrogen and oxygen atoms in total. The van der Waals surface area contributed by atoms with E-state index in [0.717, 1.165) is 25.7 Å². The lowest BCUT2D eigenvalue weighted by molar-refractivity contribution is -0.152. The number of hydrogen-bond acceptors (Lipinski definition) is 3. The van der Waals surface area contributed by atoms with E-state index >= 15 is 0 Å². The zero-order chi connectivity index (χ0) is 12.5. The maximum absolute atomic E-state index is 12.5. The Morgan fingerprint density at radius 2 is 2.06 bits per heavy atom. The lowest BCUT2D eigenvalue weighted by Crippen LogP contribution is -2.67. The Morgan fingerprint density at radius 1 is 1.41 bits per heavy atom. The highest BCUT2D eigenvalue weighted by molar-refractivity contribution is 5.98. The van der Waals surface area contributed by atoms with Crippen molar-refractivity contribution < 1.29 is 14.3 Å². The van der Waals surface area contributed by atoms with Crippen molar-refractivity contribution in [2.45, 2.75) is 44.2 Å². The molecule has 0 aromatic rings. The molecule has 1 saturated heterocycles. The van der Waals surface area contributed by atoms with Gasteiger partial charge in [0, 0.05) is 7.11 Å². The Labute approximate surface area is 101 Å². The summed E-state index contributed by atoms with van der Waals surface area (Å²) >= 11 is 0. The summed E-state index contributed by atoms with van der Waals surface area (Å²) < 4.78 is 5.07. The van der Waals surface area contributed by atoms with E-state index < -0.39 is 5.54 Å². The number of piperazine rings is 1. The molecule has 1 atom stereocenters. The molecule has 1 spiro atoms. The van der Waals surface area contributed by atoms with Crippen LogP contribution in [0.4, 0.5) is 0 Å². The fourth-order valence-corrected chi connectivity index (χ4v) is 2.87. The van der Waals surface area contributed by atoms with Crippen LogP contribution in [0.5, 0.6) is 0 Å². The first-order chi connectivity index (χ1) is 8.09. The molecular weight excluding hydrogens is 220 g/mol. The maximum Gasteiger partial charge on any atom is 0.249 e. The first-order valence-corrected chi connectivity index (χ1v) is 6.20. The maximum atomic E-state index is 12.5. The fraction of sp³-hybridized carbons (Fsp3) is 0.833. The molecule has 2 rings (SSSR count). The topological polar surface area (TPSA) is 58.6 Å². The van der Waals surface area contributed by atoms with E-state index in [0.29, 0.717) is 6.61 Å². The minimum absolute atomic E-state index is 0.0453. The number of hydrogen-bond donors (Lipinski definition) is 1. The molecule has 1 unspecified atom stereocenters. The van der Waals surface area contributed by atoms with Gasteiger partial charge in [0.05, 0.1) is 19.2 Å². The molecule has 2 fully saturated rings. The van der Waals surface area contributed by atoms with Crippen LogP contribution >= 0.6 is 0 Å². The largest absolute Gasteiger partial charge is 0.383 e. The van der Waals surface area contributed by atoms with Gasteiger partial charge in [-0.3, -0.25) is 9.59 Å². The normalized spacial score (nSPS) is 25.2. The minimum Gasteiger partial charge on any atom is -0.383 e. The summed E-state index contributed by atoms with van der Waals surface area (Å²) in [4.78, 5) is 25.9. The number of nitrogens with zero attached hydrogens (tertiary/aromatic N) is 1. The highest BCUT2D eigenvalue weighted by Gasteiger charge is 2.49. The van der Waals surface area contributed by atoms with Gasteiger partial charge in [-0.15, -0.1) is 0 Å². The average molecular weight is 240 g/mol. The van der Waals surface area contributed by atoms with Crippen molar-refractivity contribution in [2.24, 2.45) is 0 Å². The lowest BCUT2D eigenvalue weighted by Gasteiger charge is -2.42. The Balaban J connectivity index is 2.17. The summed E-state index contributed by atoms with van der Waals surface area (Å²) in [5.41, 5.74) is -0.614. The Kier molecular flexibility index (Phi) is 3.38. The number of methoxy groups -OCH3 is 1. The quantitative estimate of drug-likeness (QED) is 0.771. The van der Waals surface area contributed by atoms with Crippen molar-refractivity contribution >= 4 is 11.8 Å². The average Bonchev–Trinajstić information content (AvgIpc) is 2.73. The SMILES string of the molecule is COCC(C)N1CC(=O)NC2(CCCC2)C1=O. The van der Waals surface area contributed by atoms with Gasteiger partial charge in [0.1, 0.15) is 5.54 Å². The van der Waals surface area contributed by atoms with Crippen molar-refractivity contribution in [1.82, 2.24) is 10.2 Å². The summed E-state index contributed by atoms with van der Waals surface area (Å²) in [6.07, 6.45) is 3.57. The van der Waals surface area contributed by atoms with Crippen LogP contribution in [0, 0.1) is 0 Å². The summed E-state index contributed by atoms with van der Waals surface area (Å²) in [7, 11) is 1.61. The van der Waals surface area contributed by atoms with Crippen molar-refractivity contribution in [2.75, 3.05) is 20.3 Å². The summed E-state index contributed by atoms with van der Waals surface area (Å²) in [5, 5.41) is 2.90. The zero-order valence-corrected chi connectivity index (χ0v) is 10.5. The molecule has 1 heterocycles. The molecule has 1 saturated carbocycles. The monoisotopic (exact) mass is 240 g/mol. The lowest BCUT2D eigenvalue weighted by atomic mass is 9.92. The number of rotatable bonds is 3. The fourth-order valence-electron chi connectivity index (χ4n) is 2.87. The van der Waals surface area contributed by atoms with Crippen LogP contribution in [-0.2, 0) is 14.3 Å². The first-order valence-electron chi connectivity index (χ1n) is 6.20. The van der Waals surface area contributed by atoms with Crippen molar-refractivity contribution in [3.05, 3.63) is 0 Å². The number of carbonyl (C=O) groups excluding carboxylic acids is 2. The highest BCUT2D eigenvalue weighted by atomic mass is 16.5. The molecule has 2 aliphatic rings. The standard InChI is InChI=1S/C12H20N2O3/c1-9(8-17-2)14-7-10(15)13-12(11(14)16)5-3-4-6-12/h9H,3-8H2,1-2H3,(H,13,15). The van der Waals surface area contributed by atoms with E-state index in [1.807, 2.05) is 6.92 Å². The first kappa shape index (κ1) is 12.4. The van der Waals surface area contributed by atoms with Crippen LogP contribution in [0.1, 0.15) is 32.6 Å². The molecule has 0 bridgehead atoms. The van der Waals surface area contributed by atoms with Gasteiger partial charge in [-0.1, -0.05) is 12.8 Å². The number of nitrogens with one attached hydrogen (secondary N) is 1. The smallest absolute Gasteiger partial charge is 0.249 e. The number of ether oxygens (including phenoxy) is 1. The Morgan fingerprint density at radius 3 is 2.65 bits per heavy atom. The van der Waals surface area contributed by atoms with E-state index in [4.69, 9.17) is 4.74 Å². The molecule has 0 radical (unpaired) electrons. The number of amides is 2. The van der Waals surface area contributed by atoms with E-state index in [1.165, 1.54) is 0 Å². The van der Waals surface area contributed by atoms with E-state index in [-0.39, 0.29) is 24.4 Å². The molecule has 0 aromatic heterocycles. The molecule has 0 aromatic carbocycles. The minimum atomic E-state index is -0.614. The van der Waals surface area contributed by atoms with Gasteiger partial charge in [0.25, 0.3) is 0 Å². The molecule has 96 valence electrons. The van der Waals surface area contributed by atoms with Crippen LogP contribution in [-0.4, -0.2) is 48.6 Å². The van der Waals surface area contributed by atoms with Crippen LogP contribution in [0.15, 0.2) is 0 Å². The Bertz CT molecular complexity index is 324. The van der Waals surface area contributed by atoms with E-state index in [1.54, 1.807) is 12.0 Å².